The molecule has 1 unspecified atom stereocenters. The van der Waals surface area contributed by atoms with Gasteiger partial charge in [0, 0.05) is 63.2 Å². The third-order valence-corrected chi connectivity index (χ3v) is 6.50. The molecule has 2 fully saturated rings. The Labute approximate surface area is 190 Å². The number of morpholine rings is 1. The van der Waals surface area contributed by atoms with Crippen molar-refractivity contribution < 1.29 is 9.15 Å². The second-order valence-corrected chi connectivity index (χ2v) is 8.52. The quantitative estimate of drug-likeness (QED) is 0.245. The standard InChI is InChI=1S/C20H34N4O2S.HI/c1-2-19-17-24(12-16-27-19)20(22-8-6-18-5-3-13-26-18)21-7-4-9-23-10-14-25-15-11-23;/h3,5,13,19H,2,4,6-12,14-17H2,1H3,(H,21,22);1H. The summed E-state index contributed by atoms with van der Waals surface area (Å²) in [7, 11) is 0. The number of nitrogens with one attached hydrogen (secondary N) is 1. The molecular formula is C20H35IN4O2S. The zero-order valence-corrected chi connectivity index (χ0v) is 20.1. The van der Waals surface area contributed by atoms with Crippen molar-refractivity contribution >= 4 is 41.7 Å². The number of guanidine groups is 1. The number of aliphatic imine (C=N–C) groups is 1. The lowest BCUT2D eigenvalue weighted by Gasteiger charge is -2.34. The van der Waals surface area contributed by atoms with E-state index in [9.17, 15) is 0 Å². The molecule has 2 aliphatic heterocycles. The van der Waals surface area contributed by atoms with E-state index < -0.39 is 0 Å². The van der Waals surface area contributed by atoms with E-state index in [0.717, 1.165) is 83.6 Å². The molecule has 2 saturated heterocycles. The van der Waals surface area contributed by atoms with Crippen molar-refractivity contribution in [3.63, 3.8) is 0 Å². The molecule has 0 saturated carbocycles. The fourth-order valence-corrected chi connectivity index (χ4v) is 4.66. The maximum absolute atomic E-state index is 5.45. The van der Waals surface area contributed by atoms with Crippen molar-refractivity contribution in [2.45, 2.75) is 31.4 Å². The molecule has 3 heterocycles. The minimum absolute atomic E-state index is 0. The van der Waals surface area contributed by atoms with Crippen LogP contribution in [0.3, 0.4) is 0 Å². The summed E-state index contributed by atoms with van der Waals surface area (Å²) in [6.45, 7) is 11.1. The Bertz CT molecular complexity index is 552. The van der Waals surface area contributed by atoms with Gasteiger partial charge >= 0.3 is 0 Å². The van der Waals surface area contributed by atoms with Crippen LogP contribution in [0, 0.1) is 0 Å². The Balaban J connectivity index is 0.00000280. The Morgan fingerprint density at radius 1 is 1.32 bits per heavy atom. The van der Waals surface area contributed by atoms with E-state index in [0.29, 0.717) is 5.25 Å². The Morgan fingerprint density at radius 2 is 2.18 bits per heavy atom. The van der Waals surface area contributed by atoms with Crippen molar-refractivity contribution in [1.29, 1.82) is 0 Å². The fourth-order valence-electron chi connectivity index (χ4n) is 3.48. The second kappa shape index (κ2) is 13.7. The van der Waals surface area contributed by atoms with E-state index in [1.165, 1.54) is 12.2 Å². The number of thioether (sulfide) groups is 1. The lowest BCUT2D eigenvalue weighted by molar-refractivity contribution is 0.0377. The van der Waals surface area contributed by atoms with E-state index in [4.69, 9.17) is 14.1 Å². The summed E-state index contributed by atoms with van der Waals surface area (Å²) < 4.78 is 10.9. The molecule has 1 N–H and O–H groups in total. The number of rotatable bonds is 8. The van der Waals surface area contributed by atoms with Crippen molar-refractivity contribution in [2.75, 3.05) is 64.8 Å². The largest absolute Gasteiger partial charge is 0.469 e. The third-order valence-electron chi connectivity index (χ3n) is 5.13. The van der Waals surface area contributed by atoms with Crippen LogP contribution in [0.4, 0.5) is 0 Å². The van der Waals surface area contributed by atoms with Gasteiger partial charge in [0.1, 0.15) is 5.76 Å². The first-order chi connectivity index (χ1) is 13.3. The smallest absolute Gasteiger partial charge is 0.194 e. The highest BCUT2D eigenvalue weighted by atomic mass is 127. The van der Waals surface area contributed by atoms with Crippen molar-refractivity contribution in [1.82, 2.24) is 15.1 Å². The zero-order valence-electron chi connectivity index (χ0n) is 17.0. The fraction of sp³-hybridized carbons (Fsp3) is 0.750. The molecule has 0 amide bonds. The maximum atomic E-state index is 5.45. The van der Waals surface area contributed by atoms with Crippen LogP contribution in [-0.2, 0) is 11.2 Å². The molecule has 28 heavy (non-hydrogen) atoms. The van der Waals surface area contributed by atoms with Gasteiger partial charge in [-0.2, -0.15) is 11.8 Å². The van der Waals surface area contributed by atoms with Crippen LogP contribution in [0.15, 0.2) is 27.8 Å². The highest BCUT2D eigenvalue weighted by Crippen LogP contribution is 2.21. The van der Waals surface area contributed by atoms with Crippen LogP contribution in [0.25, 0.3) is 0 Å². The molecule has 0 aliphatic carbocycles. The van der Waals surface area contributed by atoms with Gasteiger partial charge in [0.2, 0.25) is 0 Å². The molecule has 0 bridgehead atoms. The van der Waals surface area contributed by atoms with E-state index in [2.05, 4.69) is 33.8 Å². The van der Waals surface area contributed by atoms with Crippen molar-refractivity contribution in [3.8, 4) is 0 Å². The summed E-state index contributed by atoms with van der Waals surface area (Å²) in [6, 6.07) is 3.98. The molecule has 160 valence electrons. The first kappa shape index (κ1) is 23.8. The molecule has 6 nitrogen and oxygen atoms in total. The molecule has 1 aromatic heterocycles. The number of nitrogens with zero attached hydrogens (tertiary/aromatic N) is 3. The summed E-state index contributed by atoms with van der Waals surface area (Å²) in [5, 5.41) is 4.30. The highest BCUT2D eigenvalue weighted by molar-refractivity contribution is 14.0. The molecule has 0 spiro atoms. The third kappa shape index (κ3) is 8.12. The second-order valence-electron chi connectivity index (χ2n) is 7.12. The van der Waals surface area contributed by atoms with Gasteiger partial charge in [-0.15, -0.1) is 24.0 Å². The molecule has 3 rings (SSSR count). The van der Waals surface area contributed by atoms with E-state index in [-0.39, 0.29) is 24.0 Å². The Kier molecular flexibility index (Phi) is 11.7. The molecule has 1 aromatic rings. The average molecular weight is 522 g/mol. The molecule has 8 heteroatoms. The van der Waals surface area contributed by atoms with Crippen LogP contribution < -0.4 is 5.32 Å². The van der Waals surface area contributed by atoms with Gasteiger partial charge < -0.3 is 19.4 Å². The van der Waals surface area contributed by atoms with Gasteiger partial charge in [0.05, 0.1) is 19.5 Å². The first-order valence-corrected chi connectivity index (χ1v) is 11.4. The molecule has 0 radical (unpaired) electrons. The molecule has 1 atom stereocenters. The predicted octanol–water partition coefficient (Wildman–Crippen LogP) is 2.94. The minimum Gasteiger partial charge on any atom is -0.469 e. The van der Waals surface area contributed by atoms with Gasteiger partial charge in [-0.25, -0.2) is 0 Å². The summed E-state index contributed by atoms with van der Waals surface area (Å²) in [5.74, 6) is 3.28. The van der Waals surface area contributed by atoms with Crippen molar-refractivity contribution in [3.05, 3.63) is 24.2 Å². The Morgan fingerprint density at radius 3 is 2.93 bits per heavy atom. The number of hydrogen-bond acceptors (Lipinski definition) is 5. The van der Waals surface area contributed by atoms with Crippen molar-refractivity contribution in [2.24, 2.45) is 4.99 Å². The van der Waals surface area contributed by atoms with E-state index in [1.54, 1.807) is 6.26 Å². The number of ether oxygens (including phenoxy) is 1. The molecule has 2 aliphatic rings. The van der Waals surface area contributed by atoms with Gasteiger partial charge in [-0.05, 0) is 25.0 Å². The van der Waals surface area contributed by atoms with E-state index >= 15 is 0 Å². The van der Waals surface area contributed by atoms with Gasteiger partial charge in [-0.1, -0.05) is 6.92 Å². The monoisotopic (exact) mass is 522 g/mol. The summed E-state index contributed by atoms with van der Waals surface area (Å²) in [4.78, 5) is 9.88. The van der Waals surface area contributed by atoms with Crippen LogP contribution >= 0.6 is 35.7 Å². The number of hydrogen-bond donors (Lipinski definition) is 1. The summed E-state index contributed by atoms with van der Waals surface area (Å²) in [5.41, 5.74) is 0. The van der Waals surface area contributed by atoms with Gasteiger partial charge in [-0.3, -0.25) is 9.89 Å². The molecule has 0 aromatic carbocycles. The number of halogens is 1. The lowest BCUT2D eigenvalue weighted by Crippen LogP contribution is -2.48. The lowest BCUT2D eigenvalue weighted by atomic mass is 10.3. The summed E-state index contributed by atoms with van der Waals surface area (Å²) in [6.07, 6.45) is 4.95. The first-order valence-electron chi connectivity index (χ1n) is 10.3. The van der Waals surface area contributed by atoms with Crippen LogP contribution in [0.5, 0.6) is 0 Å². The van der Waals surface area contributed by atoms with Gasteiger partial charge in [0.25, 0.3) is 0 Å². The Hall–Kier alpha value is -0.450. The number of furan rings is 1. The molecular weight excluding hydrogens is 487 g/mol. The predicted molar refractivity (Wildman–Crippen MR) is 128 cm³/mol. The summed E-state index contributed by atoms with van der Waals surface area (Å²) >= 11 is 2.10. The van der Waals surface area contributed by atoms with Crippen LogP contribution in [-0.4, -0.2) is 85.8 Å². The average Bonchev–Trinajstić information content (AvgIpc) is 3.24. The minimum atomic E-state index is 0. The van der Waals surface area contributed by atoms with Crippen LogP contribution in [0.1, 0.15) is 25.5 Å². The maximum Gasteiger partial charge on any atom is 0.194 e. The SMILES string of the molecule is CCC1CN(C(=NCCCN2CCOCC2)NCCc2ccco2)CCS1.I. The van der Waals surface area contributed by atoms with Crippen LogP contribution in [0.2, 0.25) is 0 Å². The zero-order chi connectivity index (χ0) is 18.7. The van der Waals surface area contributed by atoms with E-state index in [1.807, 2.05) is 12.1 Å². The normalized spacial score (nSPS) is 21.4. The highest BCUT2D eigenvalue weighted by Gasteiger charge is 2.21. The van der Waals surface area contributed by atoms with Gasteiger partial charge in [0.15, 0.2) is 5.96 Å². The topological polar surface area (TPSA) is 53.2 Å².